The van der Waals surface area contributed by atoms with Gasteiger partial charge in [0.15, 0.2) is 23.9 Å². The topological polar surface area (TPSA) is 91.1 Å². The Bertz CT molecular complexity index is 788. The largest absolute Gasteiger partial charge is 0.486 e. The Morgan fingerprint density at radius 3 is 2.88 bits per heavy atom. The van der Waals surface area contributed by atoms with E-state index in [1.807, 2.05) is 0 Å². The van der Waals surface area contributed by atoms with Gasteiger partial charge in [0, 0.05) is 30.8 Å². The molecule has 1 aromatic heterocycles. The van der Waals surface area contributed by atoms with Gasteiger partial charge >= 0.3 is 5.97 Å². The van der Waals surface area contributed by atoms with Crippen molar-refractivity contribution in [3.05, 3.63) is 36.2 Å². The molecule has 2 aromatic rings. The summed E-state index contributed by atoms with van der Waals surface area (Å²) in [7, 11) is 0. The molecule has 0 saturated carbocycles. The summed E-state index contributed by atoms with van der Waals surface area (Å²) < 4.78 is 21.1. The molecule has 3 heterocycles. The van der Waals surface area contributed by atoms with E-state index in [0.29, 0.717) is 36.2 Å². The van der Waals surface area contributed by atoms with Crippen molar-refractivity contribution in [3.8, 4) is 11.5 Å². The maximum atomic E-state index is 12.3. The smallest absolute Gasteiger partial charge is 0.311 e. The van der Waals surface area contributed by atoms with Gasteiger partial charge in [0.1, 0.15) is 13.2 Å². The lowest BCUT2D eigenvalue weighted by atomic mass is 10.1. The van der Waals surface area contributed by atoms with Crippen LogP contribution >= 0.6 is 0 Å². The monoisotopic (exact) mass is 344 g/mol. The van der Waals surface area contributed by atoms with Gasteiger partial charge in [-0.25, -0.2) is 0 Å². The number of hydrogen-bond donors (Lipinski definition) is 0. The molecule has 1 saturated heterocycles. The summed E-state index contributed by atoms with van der Waals surface area (Å²) in [4.78, 5) is 26.1. The van der Waals surface area contributed by atoms with Crippen LogP contribution in [0.15, 0.2) is 35.0 Å². The predicted octanol–water partition coefficient (Wildman–Crippen LogP) is 1.54. The second-order valence-electron chi connectivity index (χ2n) is 5.82. The van der Waals surface area contributed by atoms with Crippen molar-refractivity contribution in [3.63, 3.8) is 0 Å². The first-order chi connectivity index (χ1) is 12.2. The first kappa shape index (κ1) is 15.5. The molecule has 0 bridgehead atoms. The zero-order valence-corrected chi connectivity index (χ0v) is 13.3. The van der Waals surface area contributed by atoms with Crippen LogP contribution in [0.4, 0.5) is 5.69 Å². The number of aromatic nitrogens is 1. The minimum Gasteiger partial charge on any atom is -0.486 e. The Balaban J connectivity index is 1.42. The quantitative estimate of drug-likeness (QED) is 0.777. The number of anilines is 1. The zero-order valence-electron chi connectivity index (χ0n) is 13.3. The second-order valence-corrected chi connectivity index (χ2v) is 5.82. The third kappa shape index (κ3) is 3.15. The Morgan fingerprint density at radius 2 is 2.08 bits per heavy atom. The van der Waals surface area contributed by atoms with Gasteiger partial charge in [0.2, 0.25) is 5.91 Å². The fraction of sp³-hybridized carbons (Fsp3) is 0.353. The molecule has 25 heavy (non-hydrogen) atoms. The van der Waals surface area contributed by atoms with E-state index in [0.717, 1.165) is 0 Å². The van der Waals surface area contributed by atoms with Gasteiger partial charge in [0.25, 0.3) is 0 Å². The Kier molecular flexibility index (Phi) is 4.01. The van der Waals surface area contributed by atoms with E-state index in [9.17, 15) is 9.59 Å². The summed E-state index contributed by atoms with van der Waals surface area (Å²) in [5.74, 6) is 0.658. The number of esters is 1. The Hall–Kier alpha value is -3.03. The molecular formula is C17H16N2O6. The average molecular weight is 344 g/mol. The molecule has 0 aliphatic carbocycles. The number of carbonyl (C=O) groups is 2. The third-order valence-corrected chi connectivity index (χ3v) is 4.14. The lowest BCUT2D eigenvalue weighted by Crippen LogP contribution is -2.26. The van der Waals surface area contributed by atoms with Gasteiger partial charge < -0.3 is 23.6 Å². The highest BCUT2D eigenvalue weighted by molar-refractivity contribution is 5.99. The molecule has 1 fully saturated rings. The van der Waals surface area contributed by atoms with E-state index in [1.165, 1.54) is 6.20 Å². The number of amides is 1. The van der Waals surface area contributed by atoms with Crippen LogP contribution in [-0.4, -0.2) is 36.8 Å². The lowest BCUT2D eigenvalue weighted by molar-refractivity contribution is -0.150. The lowest BCUT2D eigenvalue weighted by Gasteiger charge is -2.22. The van der Waals surface area contributed by atoms with Gasteiger partial charge in [0.05, 0.1) is 12.1 Å². The fourth-order valence-corrected chi connectivity index (χ4v) is 2.89. The molecule has 0 N–H and O–H groups in total. The molecule has 4 rings (SSSR count). The van der Waals surface area contributed by atoms with Crippen LogP contribution in [0.1, 0.15) is 12.2 Å². The number of benzene rings is 1. The molecule has 130 valence electrons. The number of carbonyl (C=O) groups excluding carboxylic acids is 2. The number of hydrogen-bond acceptors (Lipinski definition) is 7. The van der Waals surface area contributed by atoms with E-state index in [4.69, 9.17) is 18.7 Å². The Labute approximate surface area is 143 Å². The van der Waals surface area contributed by atoms with Crippen LogP contribution in [0.2, 0.25) is 0 Å². The standard InChI is InChI=1S/C17H16N2O6/c20-16-7-11(17(21)24-10-13-3-4-18-25-13)9-19(16)12-1-2-14-15(8-12)23-6-5-22-14/h1-4,8,11H,5-7,9-10H2. The summed E-state index contributed by atoms with van der Waals surface area (Å²) in [5, 5.41) is 3.55. The maximum Gasteiger partial charge on any atom is 0.311 e. The van der Waals surface area contributed by atoms with E-state index >= 15 is 0 Å². The van der Waals surface area contributed by atoms with Crippen LogP contribution < -0.4 is 14.4 Å². The molecule has 2 aliphatic heterocycles. The van der Waals surface area contributed by atoms with Gasteiger partial charge in [-0.05, 0) is 12.1 Å². The normalized spacial score (nSPS) is 19.1. The van der Waals surface area contributed by atoms with Gasteiger partial charge in [-0.15, -0.1) is 0 Å². The highest BCUT2D eigenvalue weighted by Crippen LogP contribution is 2.36. The molecule has 8 heteroatoms. The molecule has 1 atom stereocenters. The van der Waals surface area contributed by atoms with Crippen molar-refractivity contribution in [2.45, 2.75) is 13.0 Å². The summed E-state index contributed by atoms with van der Waals surface area (Å²) in [6, 6.07) is 6.93. The second kappa shape index (κ2) is 6.46. The summed E-state index contributed by atoms with van der Waals surface area (Å²) in [5.41, 5.74) is 0.680. The van der Waals surface area contributed by atoms with Gasteiger partial charge in [-0.3, -0.25) is 9.59 Å². The zero-order chi connectivity index (χ0) is 17.2. The average Bonchev–Trinajstić information content (AvgIpc) is 3.29. The van der Waals surface area contributed by atoms with Crippen LogP contribution in [-0.2, 0) is 20.9 Å². The van der Waals surface area contributed by atoms with E-state index in [2.05, 4.69) is 5.16 Å². The van der Waals surface area contributed by atoms with Crippen LogP contribution in [0.25, 0.3) is 0 Å². The molecule has 0 radical (unpaired) electrons. The summed E-state index contributed by atoms with van der Waals surface area (Å²) in [6.45, 7) is 1.26. The van der Waals surface area contributed by atoms with E-state index in [1.54, 1.807) is 29.2 Å². The highest BCUT2D eigenvalue weighted by atomic mass is 16.6. The Morgan fingerprint density at radius 1 is 1.24 bits per heavy atom. The van der Waals surface area contributed by atoms with Crippen molar-refractivity contribution in [2.75, 3.05) is 24.7 Å². The first-order valence-electron chi connectivity index (χ1n) is 7.97. The fourth-order valence-electron chi connectivity index (χ4n) is 2.89. The molecular weight excluding hydrogens is 328 g/mol. The molecule has 1 aromatic carbocycles. The van der Waals surface area contributed by atoms with Crippen molar-refractivity contribution in [1.29, 1.82) is 0 Å². The summed E-state index contributed by atoms with van der Waals surface area (Å²) in [6.07, 6.45) is 1.59. The van der Waals surface area contributed by atoms with E-state index in [-0.39, 0.29) is 25.5 Å². The molecule has 2 aliphatic rings. The first-order valence-corrected chi connectivity index (χ1v) is 7.97. The minimum absolute atomic E-state index is 0.00749. The highest BCUT2D eigenvalue weighted by Gasteiger charge is 2.36. The van der Waals surface area contributed by atoms with Crippen LogP contribution in [0.5, 0.6) is 11.5 Å². The molecule has 1 unspecified atom stereocenters. The number of fused-ring (bicyclic) bond motifs is 1. The number of rotatable bonds is 4. The SMILES string of the molecule is O=C(OCc1ccno1)C1CC(=O)N(c2ccc3c(c2)OCCO3)C1. The maximum absolute atomic E-state index is 12.3. The van der Waals surface area contributed by atoms with Crippen molar-refractivity contribution in [1.82, 2.24) is 5.16 Å². The van der Waals surface area contributed by atoms with Crippen molar-refractivity contribution >= 4 is 17.6 Å². The van der Waals surface area contributed by atoms with Crippen LogP contribution in [0.3, 0.4) is 0 Å². The minimum atomic E-state index is -0.511. The summed E-state index contributed by atoms with van der Waals surface area (Å²) >= 11 is 0. The number of ether oxygens (including phenoxy) is 3. The van der Waals surface area contributed by atoms with Crippen molar-refractivity contribution < 1.29 is 28.3 Å². The van der Waals surface area contributed by atoms with E-state index < -0.39 is 11.9 Å². The predicted molar refractivity (Wildman–Crippen MR) is 84.2 cm³/mol. The number of nitrogens with zero attached hydrogens (tertiary/aromatic N) is 2. The molecule has 0 spiro atoms. The third-order valence-electron chi connectivity index (χ3n) is 4.14. The molecule has 1 amide bonds. The van der Waals surface area contributed by atoms with Gasteiger partial charge in [-0.2, -0.15) is 0 Å². The van der Waals surface area contributed by atoms with Crippen molar-refractivity contribution in [2.24, 2.45) is 5.92 Å². The molecule has 8 nitrogen and oxygen atoms in total. The van der Waals surface area contributed by atoms with Crippen LogP contribution in [0, 0.1) is 5.92 Å². The van der Waals surface area contributed by atoms with Gasteiger partial charge in [-0.1, -0.05) is 5.16 Å².